The molecule has 1 aliphatic heterocycles. The van der Waals surface area contributed by atoms with Crippen molar-refractivity contribution in [2.45, 2.75) is 19.4 Å². The first kappa shape index (κ1) is 21.0. The summed E-state index contributed by atoms with van der Waals surface area (Å²) in [5.41, 5.74) is 2.30. The summed E-state index contributed by atoms with van der Waals surface area (Å²) in [6, 6.07) is 15.9. The van der Waals surface area contributed by atoms with Crippen molar-refractivity contribution in [3.05, 3.63) is 54.1 Å². The number of carbonyl (C=O) groups is 1. The van der Waals surface area contributed by atoms with Gasteiger partial charge in [-0.15, -0.1) is 0 Å². The molecule has 1 atom stereocenters. The molecule has 1 aliphatic rings. The second-order valence-corrected chi connectivity index (χ2v) is 7.25. The van der Waals surface area contributed by atoms with Gasteiger partial charge in [-0.05, 0) is 49.2 Å². The Morgan fingerprint density at radius 1 is 1.00 bits per heavy atom. The Kier molecular flexibility index (Phi) is 7.36. The third-order valence-electron chi connectivity index (χ3n) is 5.57. The smallest absolute Gasteiger partial charge is 0.237 e. The predicted octanol–water partition coefficient (Wildman–Crippen LogP) is 2.57. The minimum Gasteiger partial charge on any atom is -0.497 e. The number of piperazine rings is 1. The van der Waals surface area contributed by atoms with Crippen LogP contribution in [0.1, 0.15) is 12.5 Å². The number of nitrogens with one attached hydrogen (secondary N) is 1. The van der Waals surface area contributed by atoms with Gasteiger partial charge in [0.2, 0.25) is 5.91 Å². The van der Waals surface area contributed by atoms with Gasteiger partial charge in [-0.3, -0.25) is 9.69 Å². The number of ether oxygens (including phenoxy) is 2. The van der Waals surface area contributed by atoms with E-state index in [1.54, 1.807) is 14.2 Å². The van der Waals surface area contributed by atoms with Gasteiger partial charge in [0.15, 0.2) is 0 Å². The van der Waals surface area contributed by atoms with Gasteiger partial charge < -0.3 is 19.7 Å². The molecule has 0 saturated carbocycles. The number of anilines is 1. The molecule has 1 amide bonds. The molecule has 0 spiro atoms. The molecular formula is C23H31N3O3. The van der Waals surface area contributed by atoms with E-state index >= 15 is 0 Å². The van der Waals surface area contributed by atoms with Crippen LogP contribution in [0.25, 0.3) is 0 Å². The Balaban J connectivity index is 1.44. The Hall–Kier alpha value is -2.73. The van der Waals surface area contributed by atoms with Gasteiger partial charge in [0, 0.05) is 38.4 Å². The van der Waals surface area contributed by atoms with E-state index in [4.69, 9.17) is 9.47 Å². The second kappa shape index (κ2) is 10.2. The van der Waals surface area contributed by atoms with Gasteiger partial charge in [-0.1, -0.05) is 18.2 Å². The van der Waals surface area contributed by atoms with Gasteiger partial charge in [-0.25, -0.2) is 0 Å². The van der Waals surface area contributed by atoms with E-state index in [2.05, 4.69) is 27.2 Å². The number of carbonyl (C=O) groups excluding carboxylic acids is 1. The lowest BCUT2D eigenvalue weighted by Crippen LogP contribution is -2.54. The van der Waals surface area contributed by atoms with Crippen LogP contribution in [0.3, 0.4) is 0 Å². The van der Waals surface area contributed by atoms with Crippen molar-refractivity contribution >= 4 is 11.6 Å². The maximum atomic E-state index is 12.6. The van der Waals surface area contributed by atoms with Crippen LogP contribution in [-0.2, 0) is 11.2 Å². The highest BCUT2D eigenvalue weighted by Crippen LogP contribution is 2.21. The molecule has 6 nitrogen and oxygen atoms in total. The molecule has 0 aromatic heterocycles. The lowest BCUT2D eigenvalue weighted by Gasteiger charge is -2.38. The molecule has 1 fully saturated rings. The summed E-state index contributed by atoms with van der Waals surface area (Å²) >= 11 is 0. The van der Waals surface area contributed by atoms with Crippen LogP contribution in [0.15, 0.2) is 48.5 Å². The quantitative estimate of drug-likeness (QED) is 0.742. The van der Waals surface area contributed by atoms with Gasteiger partial charge in [0.05, 0.1) is 20.3 Å². The van der Waals surface area contributed by atoms with Gasteiger partial charge in [0.1, 0.15) is 11.5 Å². The molecule has 156 valence electrons. The van der Waals surface area contributed by atoms with E-state index in [-0.39, 0.29) is 11.9 Å². The summed E-state index contributed by atoms with van der Waals surface area (Å²) in [6.07, 6.45) is 0.758. The zero-order chi connectivity index (χ0) is 20.6. The zero-order valence-electron chi connectivity index (χ0n) is 17.6. The van der Waals surface area contributed by atoms with E-state index in [9.17, 15) is 4.79 Å². The normalized spacial score (nSPS) is 15.6. The van der Waals surface area contributed by atoms with Gasteiger partial charge >= 0.3 is 0 Å². The molecule has 2 aromatic carbocycles. The van der Waals surface area contributed by atoms with Crippen molar-refractivity contribution in [2.24, 2.45) is 0 Å². The first-order chi connectivity index (χ1) is 14.1. The monoisotopic (exact) mass is 397 g/mol. The van der Waals surface area contributed by atoms with E-state index < -0.39 is 0 Å². The molecule has 0 bridgehead atoms. The van der Waals surface area contributed by atoms with E-state index in [0.717, 1.165) is 49.7 Å². The van der Waals surface area contributed by atoms with Crippen molar-refractivity contribution in [3.63, 3.8) is 0 Å². The number of hydrogen-bond donors (Lipinski definition) is 1. The fraction of sp³-hybridized carbons (Fsp3) is 0.435. The largest absolute Gasteiger partial charge is 0.497 e. The van der Waals surface area contributed by atoms with Crippen LogP contribution in [-0.4, -0.2) is 63.8 Å². The summed E-state index contributed by atoms with van der Waals surface area (Å²) in [6.45, 7) is 6.15. The molecule has 2 aromatic rings. The summed E-state index contributed by atoms with van der Waals surface area (Å²) in [7, 11) is 3.35. The summed E-state index contributed by atoms with van der Waals surface area (Å²) < 4.78 is 10.6. The highest BCUT2D eigenvalue weighted by atomic mass is 16.5. The predicted molar refractivity (Wildman–Crippen MR) is 116 cm³/mol. The molecule has 0 radical (unpaired) electrons. The standard InChI is InChI=1S/C23H31N3O3/c1-18(23(27)24-13-12-19-6-4-5-7-22(19)29-3)25-14-16-26(17-15-25)20-8-10-21(28-2)11-9-20/h4-11,18H,12-17H2,1-3H3,(H,24,27). The number of rotatable bonds is 8. The fourth-order valence-corrected chi connectivity index (χ4v) is 3.70. The average molecular weight is 398 g/mol. The van der Waals surface area contributed by atoms with Crippen LogP contribution in [0.5, 0.6) is 11.5 Å². The van der Waals surface area contributed by atoms with E-state index in [1.807, 2.05) is 43.3 Å². The lowest BCUT2D eigenvalue weighted by atomic mass is 10.1. The Morgan fingerprint density at radius 3 is 2.34 bits per heavy atom. The zero-order valence-corrected chi connectivity index (χ0v) is 17.6. The van der Waals surface area contributed by atoms with Crippen LogP contribution in [0, 0.1) is 0 Å². The Bertz CT molecular complexity index is 786. The number of hydrogen-bond acceptors (Lipinski definition) is 5. The molecule has 6 heteroatoms. The number of para-hydroxylation sites is 1. The lowest BCUT2D eigenvalue weighted by molar-refractivity contribution is -0.125. The summed E-state index contributed by atoms with van der Waals surface area (Å²) in [5, 5.41) is 3.07. The molecule has 1 saturated heterocycles. The molecule has 29 heavy (non-hydrogen) atoms. The number of nitrogens with zero attached hydrogens (tertiary/aromatic N) is 2. The Morgan fingerprint density at radius 2 is 1.69 bits per heavy atom. The molecule has 1 N–H and O–H groups in total. The molecule has 1 unspecified atom stereocenters. The van der Waals surface area contributed by atoms with E-state index in [1.165, 1.54) is 5.69 Å². The first-order valence-electron chi connectivity index (χ1n) is 10.1. The van der Waals surface area contributed by atoms with E-state index in [0.29, 0.717) is 6.54 Å². The van der Waals surface area contributed by atoms with Crippen LogP contribution in [0.2, 0.25) is 0 Å². The van der Waals surface area contributed by atoms with Crippen molar-refractivity contribution in [1.29, 1.82) is 0 Å². The van der Waals surface area contributed by atoms with Crippen molar-refractivity contribution in [3.8, 4) is 11.5 Å². The summed E-state index contributed by atoms with van der Waals surface area (Å²) in [4.78, 5) is 17.2. The van der Waals surface area contributed by atoms with Crippen molar-refractivity contribution in [1.82, 2.24) is 10.2 Å². The second-order valence-electron chi connectivity index (χ2n) is 7.25. The molecule has 0 aliphatic carbocycles. The topological polar surface area (TPSA) is 54.0 Å². The molecule has 3 rings (SSSR count). The SMILES string of the molecule is COc1ccc(N2CCN(C(C)C(=O)NCCc3ccccc3OC)CC2)cc1. The number of methoxy groups -OCH3 is 2. The van der Waals surface area contributed by atoms with Gasteiger partial charge in [0.25, 0.3) is 0 Å². The highest BCUT2D eigenvalue weighted by molar-refractivity contribution is 5.81. The third-order valence-corrected chi connectivity index (χ3v) is 5.57. The third kappa shape index (κ3) is 5.41. The molecule has 1 heterocycles. The minimum atomic E-state index is -0.134. The van der Waals surface area contributed by atoms with Crippen LogP contribution in [0.4, 0.5) is 5.69 Å². The van der Waals surface area contributed by atoms with Crippen molar-refractivity contribution in [2.75, 3.05) is 51.8 Å². The average Bonchev–Trinajstić information content (AvgIpc) is 2.79. The van der Waals surface area contributed by atoms with Crippen LogP contribution < -0.4 is 19.7 Å². The van der Waals surface area contributed by atoms with Gasteiger partial charge in [-0.2, -0.15) is 0 Å². The number of amides is 1. The Labute approximate surface area is 173 Å². The maximum Gasteiger partial charge on any atom is 0.237 e. The number of benzene rings is 2. The van der Waals surface area contributed by atoms with Crippen molar-refractivity contribution < 1.29 is 14.3 Å². The summed E-state index contributed by atoms with van der Waals surface area (Å²) in [5.74, 6) is 1.81. The maximum absolute atomic E-state index is 12.6. The highest BCUT2D eigenvalue weighted by Gasteiger charge is 2.25. The first-order valence-corrected chi connectivity index (χ1v) is 10.1. The minimum absolute atomic E-state index is 0.0813. The molecular weight excluding hydrogens is 366 g/mol. The fourth-order valence-electron chi connectivity index (χ4n) is 3.70. The van der Waals surface area contributed by atoms with Crippen LogP contribution >= 0.6 is 0 Å².